The number of hydrogen-bond donors (Lipinski definition) is 0. The fraction of sp³-hybridized carbons (Fsp3) is 0.250. The SMILES string of the molecule is CCc1cc(-c2cccc(OC)c2OC)ccc1[S]. The van der Waals surface area contributed by atoms with Crippen LogP contribution in [0.2, 0.25) is 0 Å². The number of benzene rings is 2. The Morgan fingerprint density at radius 1 is 1.05 bits per heavy atom. The molecule has 0 saturated heterocycles. The van der Waals surface area contributed by atoms with Gasteiger partial charge < -0.3 is 9.47 Å². The van der Waals surface area contributed by atoms with Gasteiger partial charge in [-0.1, -0.05) is 37.8 Å². The van der Waals surface area contributed by atoms with E-state index < -0.39 is 0 Å². The Kier molecular flexibility index (Phi) is 4.27. The molecule has 0 bridgehead atoms. The van der Waals surface area contributed by atoms with Crippen LogP contribution in [0, 0.1) is 0 Å². The van der Waals surface area contributed by atoms with Crippen molar-refractivity contribution in [3.8, 4) is 22.6 Å². The van der Waals surface area contributed by atoms with Crippen molar-refractivity contribution in [2.75, 3.05) is 14.2 Å². The molecular weight excluding hydrogens is 256 g/mol. The third-order valence-corrected chi connectivity index (χ3v) is 3.55. The van der Waals surface area contributed by atoms with Gasteiger partial charge in [0.05, 0.1) is 14.2 Å². The molecule has 2 aromatic rings. The molecular formula is C16H17O2S. The van der Waals surface area contributed by atoms with E-state index in [0.717, 1.165) is 33.9 Å². The van der Waals surface area contributed by atoms with Crippen molar-refractivity contribution in [3.63, 3.8) is 0 Å². The van der Waals surface area contributed by atoms with Crippen LogP contribution in [0.4, 0.5) is 0 Å². The van der Waals surface area contributed by atoms with Gasteiger partial charge in [-0.25, -0.2) is 0 Å². The van der Waals surface area contributed by atoms with Crippen LogP contribution in [0.25, 0.3) is 11.1 Å². The van der Waals surface area contributed by atoms with Gasteiger partial charge in [0, 0.05) is 10.5 Å². The summed E-state index contributed by atoms with van der Waals surface area (Å²) in [6.45, 7) is 2.11. The summed E-state index contributed by atoms with van der Waals surface area (Å²) in [6, 6.07) is 12.0. The summed E-state index contributed by atoms with van der Waals surface area (Å²) >= 11 is 5.31. The Labute approximate surface area is 119 Å². The van der Waals surface area contributed by atoms with Gasteiger partial charge in [0.1, 0.15) is 0 Å². The first-order valence-electron chi connectivity index (χ1n) is 6.22. The maximum absolute atomic E-state index is 5.47. The summed E-state index contributed by atoms with van der Waals surface area (Å²) in [7, 11) is 3.30. The highest BCUT2D eigenvalue weighted by atomic mass is 32.1. The lowest BCUT2D eigenvalue weighted by Gasteiger charge is -2.13. The lowest BCUT2D eigenvalue weighted by Crippen LogP contribution is -1.94. The van der Waals surface area contributed by atoms with Crippen molar-refractivity contribution in [1.82, 2.24) is 0 Å². The van der Waals surface area contributed by atoms with E-state index in [1.54, 1.807) is 14.2 Å². The van der Waals surface area contributed by atoms with E-state index in [-0.39, 0.29) is 0 Å². The molecule has 0 heterocycles. The van der Waals surface area contributed by atoms with Gasteiger partial charge in [0.25, 0.3) is 0 Å². The average molecular weight is 273 g/mol. The second-order valence-electron chi connectivity index (χ2n) is 4.22. The van der Waals surface area contributed by atoms with Crippen LogP contribution in [0.1, 0.15) is 12.5 Å². The van der Waals surface area contributed by atoms with Crippen LogP contribution in [-0.4, -0.2) is 14.2 Å². The molecule has 0 saturated carbocycles. The lowest BCUT2D eigenvalue weighted by atomic mass is 10.0. The molecule has 0 fully saturated rings. The minimum Gasteiger partial charge on any atom is -0.493 e. The van der Waals surface area contributed by atoms with E-state index in [0.29, 0.717) is 0 Å². The monoisotopic (exact) mass is 273 g/mol. The van der Waals surface area contributed by atoms with Crippen molar-refractivity contribution in [2.24, 2.45) is 0 Å². The minimum atomic E-state index is 0.737. The third-order valence-electron chi connectivity index (χ3n) is 3.16. The maximum Gasteiger partial charge on any atom is 0.168 e. The molecule has 2 aromatic carbocycles. The quantitative estimate of drug-likeness (QED) is 0.817. The molecule has 0 aliphatic heterocycles. The number of para-hydroxylation sites is 1. The van der Waals surface area contributed by atoms with Crippen LogP contribution in [-0.2, 0) is 6.42 Å². The molecule has 0 atom stereocenters. The lowest BCUT2D eigenvalue weighted by molar-refractivity contribution is 0.356. The van der Waals surface area contributed by atoms with Crippen LogP contribution in [0.15, 0.2) is 41.3 Å². The van der Waals surface area contributed by atoms with E-state index in [2.05, 4.69) is 13.0 Å². The van der Waals surface area contributed by atoms with Crippen LogP contribution < -0.4 is 9.47 Å². The number of hydrogen-bond acceptors (Lipinski definition) is 2. The number of methoxy groups -OCH3 is 2. The molecule has 0 spiro atoms. The first-order valence-corrected chi connectivity index (χ1v) is 6.63. The highest BCUT2D eigenvalue weighted by Crippen LogP contribution is 2.38. The molecule has 99 valence electrons. The fourth-order valence-corrected chi connectivity index (χ4v) is 2.41. The standard InChI is InChI=1S/C16H17O2S/c1-4-11-10-12(8-9-15(11)19)13-6-5-7-14(17-2)16(13)18-3/h5-10H,4H2,1-3H3. The minimum absolute atomic E-state index is 0.737. The van der Waals surface area contributed by atoms with E-state index in [9.17, 15) is 0 Å². The molecule has 0 N–H and O–H groups in total. The predicted molar refractivity (Wildman–Crippen MR) is 80.2 cm³/mol. The summed E-state index contributed by atoms with van der Waals surface area (Å²) in [5.41, 5.74) is 3.30. The third kappa shape index (κ3) is 2.66. The van der Waals surface area contributed by atoms with Crippen molar-refractivity contribution in [2.45, 2.75) is 18.2 Å². The second-order valence-corrected chi connectivity index (χ2v) is 4.66. The normalized spacial score (nSPS) is 10.3. The van der Waals surface area contributed by atoms with Gasteiger partial charge in [-0.05, 0) is 35.7 Å². The molecule has 19 heavy (non-hydrogen) atoms. The molecule has 0 aliphatic carbocycles. The fourth-order valence-electron chi connectivity index (χ4n) is 2.14. The van der Waals surface area contributed by atoms with Crippen molar-refractivity contribution >= 4 is 12.6 Å². The topological polar surface area (TPSA) is 18.5 Å². The smallest absolute Gasteiger partial charge is 0.168 e. The molecule has 0 aromatic heterocycles. The Hall–Kier alpha value is -1.74. The Balaban J connectivity index is 2.58. The van der Waals surface area contributed by atoms with Crippen molar-refractivity contribution in [1.29, 1.82) is 0 Å². The first-order chi connectivity index (χ1) is 9.21. The second kappa shape index (κ2) is 5.93. The van der Waals surface area contributed by atoms with Gasteiger partial charge in [-0.15, -0.1) is 0 Å². The van der Waals surface area contributed by atoms with Crippen molar-refractivity contribution < 1.29 is 9.47 Å². The Bertz CT molecular complexity index is 579. The average Bonchev–Trinajstić information content (AvgIpc) is 2.46. The Morgan fingerprint density at radius 3 is 2.47 bits per heavy atom. The number of aryl methyl sites for hydroxylation is 1. The van der Waals surface area contributed by atoms with E-state index in [4.69, 9.17) is 22.1 Å². The molecule has 3 heteroatoms. The maximum atomic E-state index is 5.47. The van der Waals surface area contributed by atoms with Gasteiger partial charge >= 0.3 is 0 Å². The molecule has 2 nitrogen and oxygen atoms in total. The molecule has 2 rings (SSSR count). The van der Waals surface area contributed by atoms with Crippen molar-refractivity contribution in [3.05, 3.63) is 42.0 Å². The van der Waals surface area contributed by atoms with Crippen LogP contribution in [0.5, 0.6) is 11.5 Å². The molecule has 1 radical (unpaired) electrons. The summed E-state index contributed by atoms with van der Waals surface area (Å²) < 4.78 is 10.8. The summed E-state index contributed by atoms with van der Waals surface area (Å²) in [6.07, 6.45) is 0.930. The largest absolute Gasteiger partial charge is 0.493 e. The molecule has 0 aliphatic rings. The number of ether oxygens (including phenoxy) is 2. The van der Waals surface area contributed by atoms with Crippen LogP contribution >= 0.6 is 12.6 Å². The predicted octanol–water partition coefficient (Wildman–Crippen LogP) is 4.49. The zero-order chi connectivity index (χ0) is 13.8. The zero-order valence-corrected chi connectivity index (χ0v) is 12.2. The summed E-state index contributed by atoms with van der Waals surface area (Å²) in [5.74, 6) is 1.49. The van der Waals surface area contributed by atoms with Gasteiger partial charge in [0.15, 0.2) is 11.5 Å². The van der Waals surface area contributed by atoms with Gasteiger partial charge in [-0.2, -0.15) is 0 Å². The Morgan fingerprint density at radius 2 is 1.84 bits per heavy atom. The van der Waals surface area contributed by atoms with E-state index in [1.807, 2.05) is 30.3 Å². The zero-order valence-electron chi connectivity index (χ0n) is 11.4. The highest BCUT2D eigenvalue weighted by molar-refractivity contribution is 7.80. The summed E-state index contributed by atoms with van der Waals surface area (Å²) in [5, 5.41) is 0. The van der Waals surface area contributed by atoms with Gasteiger partial charge in [-0.3, -0.25) is 0 Å². The summed E-state index contributed by atoms with van der Waals surface area (Å²) in [4.78, 5) is 0.910. The first kappa shape index (κ1) is 13.7. The highest BCUT2D eigenvalue weighted by Gasteiger charge is 2.12. The number of rotatable bonds is 4. The van der Waals surface area contributed by atoms with E-state index in [1.165, 1.54) is 5.56 Å². The molecule has 0 amide bonds. The van der Waals surface area contributed by atoms with Gasteiger partial charge in [0.2, 0.25) is 0 Å². The van der Waals surface area contributed by atoms with Crippen LogP contribution in [0.3, 0.4) is 0 Å². The van der Waals surface area contributed by atoms with E-state index >= 15 is 0 Å². The molecule has 0 unspecified atom stereocenters.